The molecule has 3 aromatic rings. The molecule has 0 atom stereocenters. The van der Waals surface area contributed by atoms with Gasteiger partial charge in [-0.1, -0.05) is 78.4 Å². The van der Waals surface area contributed by atoms with Crippen LogP contribution in [0.1, 0.15) is 23.6 Å². The molecule has 0 fully saturated rings. The smallest absolute Gasteiger partial charge is 0.127 e. The van der Waals surface area contributed by atoms with Crippen LogP contribution in [0.2, 0.25) is 0 Å². The van der Waals surface area contributed by atoms with Gasteiger partial charge in [0.05, 0.1) is 13.2 Å². The Morgan fingerprint density at radius 2 is 1.46 bits per heavy atom. The second-order valence-electron chi connectivity index (χ2n) is 6.76. The molecule has 0 unspecified atom stereocenters. The Hall–Kier alpha value is -3.04. The first-order valence-electron chi connectivity index (χ1n) is 9.47. The Bertz CT molecular complexity index is 886. The maximum absolute atomic E-state index is 10.3. The Kier molecular flexibility index (Phi) is 7.28. The van der Waals surface area contributed by atoms with Crippen molar-refractivity contribution in [2.24, 2.45) is 0 Å². The summed E-state index contributed by atoms with van der Waals surface area (Å²) in [5, 5.41) is 10.3. The lowest BCUT2D eigenvalue weighted by atomic mass is 10.1. The quantitative estimate of drug-likeness (QED) is 0.490. The van der Waals surface area contributed by atoms with E-state index >= 15 is 0 Å². The number of rotatable bonds is 9. The zero-order chi connectivity index (χ0) is 19.6. The van der Waals surface area contributed by atoms with Crippen molar-refractivity contribution in [3.63, 3.8) is 0 Å². The van der Waals surface area contributed by atoms with Crippen molar-refractivity contribution in [2.45, 2.75) is 26.6 Å². The first-order chi connectivity index (χ1) is 13.7. The predicted molar refractivity (Wildman–Crippen MR) is 112 cm³/mol. The SMILES string of the molecule is C/C(=C\Cc1c(O)cccc1OCc1ccccc1)COCc1ccccc1. The van der Waals surface area contributed by atoms with Gasteiger partial charge in [0.1, 0.15) is 18.1 Å². The zero-order valence-corrected chi connectivity index (χ0v) is 16.2. The first-order valence-corrected chi connectivity index (χ1v) is 9.47. The molecule has 3 aromatic carbocycles. The van der Waals surface area contributed by atoms with E-state index in [-0.39, 0.29) is 5.75 Å². The fourth-order valence-electron chi connectivity index (χ4n) is 2.87. The molecule has 0 saturated heterocycles. The highest BCUT2D eigenvalue weighted by molar-refractivity contribution is 5.45. The van der Waals surface area contributed by atoms with Crippen molar-refractivity contribution in [3.05, 3.63) is 107 Å². The molecule has 3 nitrogen and oxygen atoms in total. The van der Waals surface area contributed by atoms with Gasteiger partial charge < -0.3 is 14.6 Å². The van der Waals surface area contributed by atoms with E-state index in [1.807, 2.05) is 61.5 Å². The first kappa shape index (κ1) is 19.7. The van der Waals surface area contributed by atoms with E-state index in [0.29, 0.717) is 32.0 Å². The van der Waals surface area contributed by atoms with Crippen LogP contribution in [0, 0.1) is 0 Å². The summed E-state index contributed by atoms with van der Waals surface area (Å²) < 4.78 is 11.7. The summed E-state index contributed by atoms with van der Waals surface area (Å²) >= 11 is 0. The van der Waals surface area contributed by atoms with E-state index in [4.69, 9.17) is 9.47 Å². The van der Waals surface area contributed by atoms with Crippen LogP contribution < -0.4 is 4.74 Å². The lowest BCUT2D eigenvalue weighted by Crippen LogP contribution is -2.00. The highest BCUT2D eigenvalue weighted by Gasteiger charge is 2.08. The van der Waals surface area contributed by atoms with Gasteiger partial charge in [-0.15, -0.1) is 0 Å². The van der Waals surface area contributed by atoms with Crippen molar-refractivity contribution in [2.75, 3.05) is 6.61 Å². The number of benzene rings is 3. The third-order valence-electron chi connectivity index (χ3n) is 4.44. The van der Waals surface area contributed by atoms with Crippen molar-refractivity contribution >= 4 is 0 Å². The van der Waals surface area contributed by atoms with Crippen LogP contribution in [0.15, 0.2) is 90.5 Å². The van der Waals surface area contributed by atoms with E-state index in [2.05, 4.69) is 18.2 Å². The predicted octanol–water partition coefficient (Wildman–Crippen LogP) is 5.68. The van der Waals surface area contributed by atoms with E-state index in [0.717, 1.165) is 22.3 Å². The topological polar surface area (TPSA) is 38.7 Å². The highest BCUT2D eigenvalue weighted by atomic mass is 16.5. The third-order valence-corrected chi connectivity index (χ3v) is 4.44. The number of phenols is 1. The number of aromatic hydroxyl groups is 1. The molecule has 0 heterocycles. The van der Waals surface area contributed by atoms with E-state index in [9.17, 15) is 5.11 Å². The van der Waals surface area contributed by atoms with Crippen LogP contribution in [0.4, 0.5) is 0 Å². The second-order valence-corrected chi connectivity index (χ2v) is 6.76. The molecule has 0 aliphatic carbocycles. The van der Waals surface area contributed by atoms with Crippen molar-refractivity contribution in [1.29, 1.82) is 0 Å². The lowest BCUT2D eigenvalue weighted by Gasteiger charge is -2.12. The maximum Gasteiger partial charge on any atom is 0.127 e. The largest absolute Gasteiger partial charge is 0.508 e. The Labute approximate surface area is 166 Å². The van der Waals surface area contributed by atoms with Gasteiger partial charge in [-0.25, -0.2) is 0 Å². The number of hydrogen-bond acceptors (Lipinski definition) is 3. The highest BCUT2D eigenvalue weighted by Crippen LogP contribution is 2.29. The molecule has 3 heteroatoms. The number of allylic oxidation sites excluding steroid dienone is 1. The normalized spacial score (nSPS) is 11.4. The van der Waals surface area contributed by atoms with Crippen molar-refractivity contribution < 1.29 is 14.6 Å². The van der Waals surface area contributed by atoms with Crippen LogP contribution >= 0.6 is 0 Å². The standard InChI is InChI=1S/C25H26O3/c1-20(17-27-18-21-9-4-2-5-10-21)15-16-23-24(26)13-8-14-25(23)28-19-22-11-6-3-7-12-22/h2-15,26H,16-19H2,1H3/b20-15+. The zero-order valence-electron chi connectivity index (χ0n) is 16.2. The van der Waals surface area contributed by atoms with Gasteiger partial charge in [-0.3, -0.25) is 0 Å². The van der Waals surface area contributed by atoms with Gasteiger partial charge in [0.15, 0.2) is 0 Å². The minimum atomic E-state index is 0.250. The summed E-state index contributed by atoms with van der Waals surface area (Å²) in [4.78, 5) is 0. The molecular weight excluding hydrogens is 348 g/mol. The Balaban J connectivity index is 1.57. The van der Waals surface area contributed by atoms with Crippen LogP contribution in [0.3, 0.4) is 0 Å². The number of hydrogen-bond donors (Lipinski definition) is 1. The van der Waals surface area contributed by atoms with Crippen molar-refractivity contribution in [1.82, 2.24) is 0 Å². The van der Waals surface area contributed by atoms with Crippen LogP contribution in [-0.2, 0) is 24.4 Å². The van der Waals surface area contributed by atoms with Gasteiger partial charge >= 0.3 is 0 Å². The van der Waals surface area contributed by atoms with Crippen LogP contribution in [0.5, 0.6) is 11.5 Å². The fraction of sp³-hybridized carbons (Fsp3) is 0.200. The molecule has 28 heavy (non-hydrogen) atoms. The van der Waals surface area contributed by atoms with Crippen LogP contribution in [-0.4, -0.2) is 11.7 Å². The minimum absolute atomic E-state index is 0.250. The average molecular weight is 374 g/mol. The second kappa shape index (κ2) is 10.3. The summed E-state index contributed by atoms with van der Waals surface area (Å²) in [5.74, 6) is 0.956. The monoisotopic (exact) mass is 374 g/mol. The van der Waals surface area contributed by atoms with Gasteiger partial charge in [0.25, 0.3) is 0 Å². The molecule has 144 valence electrons. The molecule has 0 aliphatic rings. The van der Waals surface area contributed by atoms with Crippen LogP contribution in [0.25, 0.3) is 0 Å². The number of ether oxygens (including phenoxy) is 2. The van der Waals surface area contributed by atoms with Gasteiger partial charge in [-0.05, 0) is 36.6 Å². The minimum Gasteiger partial charge on any atom is -0.508 e. The lowest BCUT2D eigenvalue weighted by molar-refractivity contribution is 0.142. The third kappa shape index (κ3) is 6.00. The summed E-state index contributed by atoms with van der Waals surface area (Å²) in [6.45, 7) is 3.66. The van der Waals surface area contributed by atoms with E-state index < -0.39 is 0 Å². The molecule has 0 aromatic heterocycles. The molecule has 1 N–H and O–H groups in total. The fourth-order valence-corrected chi connectivity index (χ4v) is 2.87. The molecule has 0 bridgehead atoms. The average Bonchev–Trinajstić information content (AvgIpc) is 2.73. The van der Waals surface area contributed by atoms with E-state index in [1.54, 1.807) is 12.1 Å². The van der Waals surface area contributed by atoms with E-state index in [1.165, 1.54) is 0 Å². The Morgan fingerprint density at radius 3 is 2.14 bits per heavy atom. The van der Waals surface area contributed by atoms with Gasteiger partial charge in [0, 0.05) is 5.56 Å². The molecule has 0 spiro atoms. The Morgan fingerprint density at radius 1 is 0.821 bits per heavy atom. The van der Waals surface area contributed by atoms with Gasteiger partial charge in [-0.2, -0.15) is 0 Å². The number of phenolic OH excluding ortho intramolecular Hbond substituents is 1. The molecular formula is C25H26O3. The molecule has 0 radical (unpaired) electrons. The van der Waals surface area contributed by atoms with Crippen molar-refractivity contribution in [3.8, 4) is 11.5 Å². The summed E-state index contributed by atoms with van der Waals surface area (Å²) in [6.07, 6.45) is 2.67. The summed E-state index contributed by atoms with van der Waals surface area (Å²) in [5.41, 5.74) is 4.17. The molecule has 0 aliphatic heterocycles. The summed E-state index contributed by atoms with van der Waals surface area (Å²) in [7, 11) is 0. The molecule has 3 rings (SSSR count). The molecule has 0 amide bonds. The maximum atomic E-state index is 10.3. The van der Waals surface area contributed by atoms with Gasteiger partial charge in [0.2, 0.25) is 0 Å². The summed E-state index contributed by atoms with van der Waals surface area (Å²) in [6, 6.07) is 25.5. The molecule has 0 saturated carbocycles.